The number of ether oxygens (including phenoxy) is 1. The second kappa shape index (κ2) is 9.26. The lowest BCUT2D eigenvalue weighted by Crippen LogP contribution is -2.36. The molecular weight excluding hydrogens is 332 g/mol. The molecule has 3 heteroatoms. The predicted octanol–water partition coefficient (Wildman–Crippen LogP) is 6.94. The maximum Gasteiger partial charge on any atom is 0.220 e. The van der Waals surface area contributed by atoms with Gasteiger partial charge in [0.05, 0.1) is 0 Å². The van der Waals surface area contributed by atoms with Gasteiger partial charge in [0.15, 0.2) is 0 Å². The Labute approximate surface area is 160 Å². The third-order valence-electron chi connectivity index (χ3n) is 6.42. The van der Waals surface area contributed by atoms with Crippen LogP contribution in [0, 0.1) is 35.5 Å². The molecule has 2 aliphatic carbocycles. The normalized spacial score (nSPS) is 37.7. The molecule has 0 amide bonds. The van der Waals surface area contributed by atoms with Crippen LogP contribution in [0.3, 0.4) is 0 Å². The van der Waals surface area contributed by atoms with E-state index < -0.39 is 0 Å². The predicted molar refractivity (Wildman–Crippen MR) is 112 cm³/mol. The van der Waals surface area contributed by atoms with Gasteiger partial charge in [-0.25, -0.2) is 0 Å². The SMILES string of the molecule is CC1CCC(C(C)C)C(OC(=S)SC2CC(C)CCC2C(C)C)C1. The summed E-state index contributed by atoms with van der Waals surface area (Å²) >= 11 is 7.59. The first-order chi connectivity index (χ1) is 11.3. The summed E-state index contributed by atoms with van der Waals surface area (Å²) in [5, 5.41) is 0.653. The number of hydrogen-bond donors (Lipinski definition) is 0. The van der Waals surface area contributed by atoms with E-state index in [4.69, 9.17) is 17.0 Å². The van der Waals surface area contributed by atoms with Crippen molar-refractivity contribution < 1.29 is 4.74 Å². The fraction of sp³-hybridized carbons (Fsp3) is 0.952. The van der Waals surface area contributed by atoms with Crippen molar-refractivity contribution in [3.63, 3.8) is 0 Å². The van der Waals surface area contributed by atoms with Gasteiger partial charge in [-0.2, -0.15) is 0 Å². The van der Waals surface area contributed by atoms with Crippen LogP contribution in [-0.2, 0) is 4.74 Å². The molecule has 6 atom stereocenters. The summed E-state index contributed by atoms with van der Waals surface area (Å²) in [4.78, 5) is 0. The maximum absolute atomic E-state index is 6.40. The number of rotatable bonds is 4. The third kappa shape index (κ3) is 5.62. The number of thioether (sulfide) groups is 1. The Hall–Kier alpha value is 0.240. The van der Waals surface area contributed by atoms with Crippen molar-refractivity contribution in [1.29, 1.82) is 0 Å². The van der Waals surface area contributed by atoms with E-state index >= 15 is 0 Å². The summed E-state index contributed by atoms with van der Waals surface area (Å²) in [7, 11) is 0. The van der Waals surface area contributed by atoms with Crippen LogP contribution >= 0.6 is 24.0 Å². The first-order valence-corrected chi connectivity index (χ1v) is 11.4. The molecule has 0 saturated heterocycles. The first-order valence-electron chi connectivity index (χ1n) is 10.1. The zero-order valence-corrected chi connectivity index (χ0v) is 18.2. The molecule has 0 heterocycles. The van der Waals surface area contributed by atoms with Crippen molar-refractivity contribution in [2.75, 3.05) is 0 Å². The summed E-state index contributed by atoms with van der Waals surface area (Å²) < 4.78 is 7.22. The van der Waals surface area contributed by atoms with Crippen LogP contribution in [0.2, 0.25) is 0 Å². The van der Waals surface area contributed by atoms with Gasteiger partial charge in [0, 0.05) is 5.25 Å². The molecule has 0 bridgehead atoms. The van der Waals surface area contributed by atoms with Gasteiger partial charge in [0.2, 0.25) is 4.38 Å². The monoisotopic (exact) mass is 370 g/mol. The fourth-order valence-electron chi connectivity index (χ4n) is 4.78. The summed E-state index contributed by atoms with van der Waals surface area (Å²) in [6, 6.07) is 0. The topological polar surface area (TPSA) is 9.23 Å². The molecule has 0 aromatic heterocycles. The minimum absolute atomic E-state index is 0.340. The highest BCUT2D eigenvalue weighted by molar-refractivity contribution is 8.23. The Morgan fingerprint density at radius 2 is 1.42 bits per heavy atom. The quantitative estimate of drug-likeness (QED) is 0.496. The average molecular weight is 371 g/mol. The Morgan fingerprint density at radius 3 is 2.00 bits per heavy atom. The van der Waals surface area contributed by atoms with E-state index in [0.717, 1.165) is 28.1 Å². The Kier molecular flexibility index (Phi) is 7.93. The highest BCUT2D eigenvalue weighted by Gasteiger charge is 2.35. The van der Waals surface area contributed by atoms with Crippen molar-refractivity contribution in [2.24, 2.45) is 35.5 Å². The van der Waals surface area contributed by atoms with Crippen LogP contribution in [0.1, 0.15) is 80.1 Å². The molecule has 0 spiro atoms. The fourth-order valence-corrected chi connectivity index (χ4v) is 6.75. The molecule has 0 aliphatic heterocycles. The van der Waals surface area contributed by atoms with Crippen LogP contribution in [0.4, 0.5) is 0 Å². The zero-order valence-electron chi connectivity index (χ0n) is 16.6. The molecule has 6 unspecified atom stereocenters. The van der Waals surface area contributed by atoms with Gasteiger partial charge in [-0.05, 0) is 73.4 Å². The van der Waals surface area contributed by atoms with Crippen LogP contribution in [0.15, 0.2) is 0 Å². The maximum atomic E-state index is 6.40. The highest BCUT2D eigenvalue weighted by Crippen LogP contribution is 2.42. The standard InChI is InChI=1S/C21H38OS2/c1-13(2)17-9-7-15(5)11-19(17)22-21(23)24-20-12-16(6)8-10-18(20)14(3)4/h13-20H,7-12H2,1-6H3. The lowest BCUT2D eigenvalue weighted by atomic mass is 9.75. The molecule has 0 aromatic rings. The van der Waals surface area contributed by atoms with Gasteiger partial charge in [-0.15, -0.1) is 0 Å². The van der Waals surface area contributed by atoms with Gasteiger partial charge in [0.1, 0.15) is 6.10 Å². The second-order valence-electron chi connectivity index (χ2n) is 9.21. The Morgan fingerprint density at radius 1 is 0.875 bits per heavy atom. The molecule has 1 nitrogen and oxygen atoms in total. The average Bonchev–Trinajstić information content (AvgIpc) is 2.46. The van der Waals surface area contributed by atoms with Gasteiger partial charge < -0.3 is 4.74 Å². The molecule has 0 N–H and O–H groups in total. The largest absolute Gasteiger partial charge is 0.475 e. The molecule has 2 rings (SSSR count). The Bertz CT molecular complexity index is 371. The van der Waals surface area contributed by atoms with Crippen LogP contribution < -0.4 is 0 Å². The van der Waals surface area contributed by atoms with Crippen LogP contribution in [0.25, 0.3) is 0 Å². The van der Waals surface area contributed by atoms with Gasteiger partial charge in [-0.3, -0.25) is 0 Å². The van der Waals surface area contributed by atoms with Crippen molar-refractivity contribution in [3.05, 3.63) is 0 Å². The molecular formula is C21H38OS2. The van der Waals surface area contributed by atoms with Gasteiger partial charge in [-0.1, -0.05) is 66.1 Å². The highest BCUT2D eigenvalue weighted by atomic mass is 32.2. The lowest BCUT2D eigenvalue weighted by molar-refractivity contribution is 0.0426. The zero-order chi connectivity index (χ0) is 17.9. The molecule has 2 aliphatic rings. The molecule has 0 aromatic carbocycles. The number of hydrogen-bond acceptors (Lipinski definition) is 3. The van der Waals surface area contributed by atoms with Crippen molar-refractivity contribution in [2.45, 2.75) is 91.4 Å². The van der Waals surface area contributed by atoms with Crippen LogP contribution in [0.5, 0.6) is 0 Å². The van der Waals surface area contributed by atoms with E-state index in [1.165, 1.54) is 38.5 Å². The molecule has 0 radical (unpaired) electrons. The first kappa shape index (κ1) is 20.6. The minimum atomic E-state index is 0.340. The third-order valence-corrected chi connectivity index (χ3v) is 7.94. The van der Waals surface area contributed by atoms with Gasteiger partial charge in [0.25, 0.3) is 0 Å². The summed E-state index contributed by atoms with van der Waals surface area (Å²) in [6.07, 6.45) is 8.19. The van der Waals surface area contributed by atoms with Crippen molar-refractivity contribution >= 4 is 28.4 Å². The second-order valence-corrected chi connectivity index (χ2v) is 11.1. The van der Waals surface area contributed by atoms with E-state index in [1.54, 1.807) is 0 Å². The summed E-state index contributed by atoms with van der Waals surface area (Å²) in [6.45, 7) is 14.2. The van der Waals surface area contributed by atoms with Crippen molar-refractivity contribution in [3.8, 4) is 0 Å². The van der Waals surface area contributed by atoms with E-state index in [0.29, 0.717) is 23.2 Å². The number of thiocarbonyl (C=S) groups is 1. The molecule has 2 fully saturated rings. The van der Waals surface area contributed by atoms with Gasteiger partial charge >= 0.3 is 0 Å². The molecule has 24 heavy (non-hydrogen) atoms. The lowest BCUT2D eigenvalue weighted by Gasteiger charge is -2.39. The van der Waals surface area contributed by atoms with E-state index in [2.05, 4.69) is 41.5 Å². The summed E-state index contributed by atoms with van der Waals surface area (Å²) in [5.74, 6) is 4.50. The van der Waals surface area contributed by atoms with E-state index in [-0.39, 0.29) is 0 Å². The smallest absolute Gasteiger partial charge is 0.220 e. The van der Waals surface area contributed by atoms with E-state index in [9.17, 15) is 0 Å². The molecule has 140 valence electrons. The van der Waals surface area contributed by atoms with E-state index in [1.807, 2.05) is 11.8 Å². The Balaban J connectivity index is 1.94. The van der Waals surface area contributed by atoms with Crippen LogP contribution in [-0.4, -0.2) is 15.7 Å². The van der Waals surface area contributed by atoms with Crippen molar-refractivity contribution in [1.82, 2.24) is 0 Å². The summed E-state index contributed by atoms with van der Waals surface area (Å²) in [5.41, 5.74) is 0. The molecule has 2 saturated carbocycles. The minimum Gasteiger partial charge on any atom is -0.475 e.